The second-order valence-electron chi connectivity index (χ2n) is 13.7. The van der Waals surface area contributed by atoms with Crippen LogP contribution in [0.3, 0.4) is 0 Å². The average molecular weight is 702 g/mol. The highest BCUT2D eigenvalue weighted by Crippen LogP contribution is 2.37. The molecule has 0 amide bonds. The minimum Gasteiger partial charge on any atom is -0.387 e. The molecule has 0 aliphatic rings. The van der Waals surface area contributed by atoms with Crippen molar-refractivity contribution in [1.82, 2.24) is 0 Å². The van der Waals surface area contributed by atoms with Gasteiger partial charge in [-0.3, -0.25) is 0 Å². The van der Waals surface area contributed by atoms with Gasteiger partial charge < -0.3 is 5.73 Å². The van der Waals surface area contributed by atoms with Gasteiger partial charge in [-0.05, 0) is 144 Å². The Morgan fingerprint density at radius 2 is 1.02 bits per heavy atom. The first-order valence-corrected chi connectivity index (χ1v) is 18.5. The monoisotopic (exact) mass is 701 g/mol. The Hall–Kier alpha value is -4.97. The van der Waals surface area contributed by atoms with Crippen molar-refractivity contribution in [3.8, 4) is 33.4 Å². The molecular weight excluding hydrogens is 652 g/mol. The molecule has 0 atom stereocenters. The van der Waals surface area contributed by atoms with Crippen LogP contribution in [-0.4, -0.2) is 11.7 Å². The van der Waals surface area contributed by atoms with Crippen molar-refractivity contribution in [2.75, 3.05) is 0 Å². The van der Waals surface area contributed by atoms with E-state index < -0.39 is 11.7 Å². The number of hydrogen-bond acceptors (Lipinski definition) is 1. The van der Waals surface area contributed by atoms with Gasteiger partial charge in [-0.2, -0.15) is 13.2 Å². The number of alkyl halides is 3. The lowest BCUT2D eigenvalue weighted by atomic mass is 9.91. The van der Waals surface area contributed by atoms with Crippen LogP contribution in [0.2, 0.25) is 0 Å². The minimum absolute atomic E-state index is 0.285. The first-order valence-electron chi connectivity index (χ1n) is 18.5. The van der Waals surface area contributed by atoms with Crippen LogP contribution >= 0.6 is 0 Å². The maximum Gasteiger partial charge on any atom is 0.416 e. The predicted molar refractivity (Wildman–Crippen MR) is 214 cm³/mol. The summed E-state index contributed by atoms with van der Waals surface area (Å²) in [5.41, 5.74) is 18.0. The highest BCUT2D eigenvalue weighted by molar-refractivity contribution is 6.07. The van der Waals surface area contributed by atoms with Gasteiger partial charge in [0, 0.05) is 12.0 Å². The van der Waals surface area contributed by atoms with Gasteiger partial charge in [0.25, 0.3) is 0 Å². The van der Waals surface area contributed by atoms with E-state index in [0.717, 1.165) is 64.8 Å². The fraction of sp³-hybridized carbons (Fsp3) is 0.304. The Morgan fingerprint density at radius 3 is 1.44 bits per heavy atom. The van der Waals surface area contributed by atoms with Crippen LogP contribution in [0.1, 0.15) is 92.7 Å². The molecule has 52 heavy (non-hydrogen) atoms. The Kier molecular flexibility index (Phi) is 12.9. The molecule has 0 aliphatic heterocycles. The van der Waals surface area contributed by atoms with E-state index in [1.54, 1.807) is 0 Å². The van der Waals surface area contributed by atoms with Crippen LogP contribution < -0.4 is 5.73 Å². The van der Waals surface area contributed by atoms with E-state index in [9.17, 15) is 13.2 Å². The van der Waals surface area contributed by atoms with E-state index in [1.807, 2.05) is 20.8 Å². The number of nitrogens with zero attached hydrogens (tertiary/aromatic N) is 2. The molecule has 2 N–H and O–H groups in total. The molecule has 0 heterocycles. The highest BCUT2D eigenvalue weighted by Gasteiger charge is 2.30. The lowest BCUT2D eigenvalue weighted by molar-refractivity contribution is -0.137. The van der Waals surface area contributed by atoms with Crippen molar-refractivity contribution in [2.24, 2.45) is 15.7 Å². The summed E-state index contributed by atoms with van der Waals surface area (Å²) in [6.45, 7) is 10.4. The van der Waals surface area contributed by atoms with E-state index in [4.69, 9.17) is 10.7 Å². The Morgan fingerprint density at radius 1 is 0.577 bits per heavy atom. The van der Waals surface area contributed by atoms with Gasteiger partial charge in [0.15, 0.2) is 5.84 Å². The molecular formula is C46H50F3N3. The van der Waals surface area contributed by atoms with Gasteiger partial charge in [-0.1, -0.05) is 94.3 Å². The van der Waals surface area contributed by atoms with Gasteiger partial charge in [-0.15, -0.1) is 0 Å². The van der Waals surface area contributed by atoms with Crippen LogP contribution in [0.5, 0.6) is 0 Å². The minimum atomic E-state index is -4.43. The number of amidine groups is 2. The zero-order valence-corrected chi connectivity index (χ0v) is 31.1. The number of rotatable bonds is 13. The molecule has 0 radical (unpaired) electrons. The predicted octanol–water partition coefficient (Wildman–Crippen LogP) is 13.2. The molecule has 5 rings (SSSR count). The zero-order valence-electron chi connectivity index (χ0n) is 31.1. The quantitative estimate of drug-likeness (QED) is 0.0964. The summed E-state index contributed by atoms with van der Waals surface area (Å²) in [7, 11) is 0. The van der Waals surface area contributed by atoms with Gasteiger partial charge in [0.1, 0.15) is 5.84 Å². The van der Waals surface area contributed by atoms with Gasteiger partial charge >= 0.3 is 6.18 Å². The largest absolute Gasteiger partial charge is 0.416 e. The standard InChI is InChI=1S/C46H50F3N3/c1-6-9-12-33-14-18-35(19-15-33)39-28-40(36-20-16-34(17-21-36)13-10-7-2)30-41(29-39)38-26-31(4)44(32(5)27-38)52-45(51-43(50)11-8-3)37-22-24-42(25-23-37)46(47,48)49/h14-30H,6-13H2,1-5H3,(H2,50,51,52). The second-order valence-corrected chi connectivity index (χ2v) is 13.7. The number of aliphatic imine (C=N–C) groups is 2. The fourth-order valence-corrected chi connectivity index (χ4v) is 6.43. The number of hydrogen-bond donors (Lipinski definition) is 1. The molecule has 5 aromatic rings. The number of nitrogens with two attached hydrogens (primary N) is 1. The Balaban J connectivity index is 1.59. The lowest BCUT2D eigenvalue weighted by Crippen LogP contribution is -2.14. The molecule has 270 valence electrons. The van der Waals surface area contributed by atoms with Crippen LogP contribution in [0, 0.1) is 13.8 Å². The third kappa shape index (κ3) is 9.87. The summed E-state index contributed by atoms with van der Waals surface area (Å²) in [4.78, 5) is 9.52. The molecule has 0 spiro atoms. The first-order chi connectivity index (χ1) is 25.0. The van der Waals surface area contributed by atoms with Crippen LogP contribution in [0.15, 0.2) is 113 Å². The van der Waals surface area contributed by atoms with E-state index in [-0.39, 0.29) is 5.84 Å². The molecule has 0 bridgehead atoms. The van der Waals surface area contributed by atoms with Crippen molar-refractivity contribution < 1.29 is 13.2 Å². The molecule has 0 unspecified atom stereocenters. The van der Waals surface area contributed by atoms with Crippen LogP contribution in [0.4, 0.5) is 18.9 Å². The SMILES string of the molecule is CCCCc1ccc(-c2cc(-c3ccc(CCCC)cc3)cc(-c3cc(C)c(N=C(N=C(N)CCC)c4ccc(C(F)(F)F)cc4)c(C)c3)c2)cc1. The van der Waals surface area contributed by atoms with Crippen LogP contribution in [-0.2, 0) is 19.0 Å². The highest BCUT2D eigenvalue weighted by atomic mass is 19.4. The molecule has 6 heteroatoms. The van der Waals surface area contributed by atoms with Crippen molar-refractivity contribution in [3.63, 3.8) is 0 Å². The van der Waals surface area contributed by atoms with Gasteiger partial charge in [0.05, 0.1) is 11.3 Å². The average Bonchev–Trinajstić information content (AvgIpc) is 3.14. The van der Waals surface area contributed by atoms with E-state index in [1.165, 1.54) is 60.1 Å². The molecule has 5 aromatic carbocycles. The summed E-state index contributed by atoms with van der Waals surface area (Å²) < 4.78 is 40.0. The third-order valence-corrected chi connectivity index (χ3v) is 9.41. The zero-order chi connectivity index (χ0) is 37.3. The summed E-state index contributed by atoms with van der Waals surface area (Å²) in [6, 6.07) is 33.8. The Labute approximate surface area is 307 Å². The van der Waals surface area contributed by atoms with Crippen molar-refractivity contribution in [1.29, 1.82) is 0 Å². The first kappa shape index (κ1) is 38.3. The molecule has 0 fully saturated rings. The summed E-state index contributed by atoms with van der Waals surface area (Å²) in [5.74, 6) is 0.668. The molecule has 0 saturated carbocycles. The molecule has 3 nitrogen and oxygen atoms in total. The van der Waals surface area contributed by atoms with E-state index >= 15 is 0 Å². The number of benzene rings is 5. The summed E-state index contributed by atoms with van der Waals surface area (Å²) in [6.07, 6.45) is 3.76. The topological polar surface area (TPSA) is 50.7 Å². The molecule has 0 aliphatic carbocycles. The van der Waals surface area contributed by atoms with Crippen molar-refractivity contribution in [3.05, 3.63) is 137 Å². The fourth-order valence-electron chi connectivity index (χ4n) is 6.43. The maximum atomic E-state index is 13.3. The van der Waals surface area contributed by atoms with E-state index in [0.29, 0.717) is 23.5 Å². The van der Waals surface area contributed by atoms with Gasteiger partial charge in [0.2, 0.25) is 0 Å². The molecule has 0 saturated heterocycles. The van der Waals surface area contributed by atoms with E-state index in [2.05, 4.69) is 97.7 Å². The number of unbranched alkanes of at least 4 members (excludes halogenated alkanes) is 2. The third-order valence-electron chi connectivity index (χ3n) is 9.41. The lowest BCUT2D eigenvalue weighted by Gasteiger charge is -2.15. The Bertz CT molecular complexity index is 1910. The van der Waals surface area contributed by atoms with Gasteiger partial charge in [-0.25, -0.2) is 9.98 Å². The number of aryl methyl sites for hydroxylation is 4. The normalized spacial score (nSPS) is 12.4. The van der Waals surface area contributed by atoms with Crippen LogP contribution in [0.25, 0.3) is 33.4 Å². The number of halogens is 3. The smallest absolute Gasteiger partial charge is 0.387 e. The van der Waals surface area contributed by atoms with Crippen molar-refractivity contribution in [2.45, 2.75) is 92.2 Å². The van der Waals surface area contributed by atoms with Crippen molar-refractivity contribution >= 4 is 17.4 Å². The summed E-state index contributed by atoms with van der Waals surface area (Å²) >= 11 is 0. The summed E-state index contributed by atoms with van der Waals surface area (Å²) in [5, 5.41) is 0. The molecule has 0 aromatic heterocycles. The maximum absolute atomic E-state index is 13.3. The second kappa shape index (κ2) is 17.5.